The Morgan fingerprint density at radius 1 is 1.43 bits per heavy atom. The summed E-state index contributed by atoms with van der Waals surface area (Å²) in [6.07, 6.45) is 0.997. The van der Waals surface area contributed by atoms with Crippen LogP contribution in [0.25, 0.3) is 11.0 Å². The Morgan fingerprint density at radius 2 is 2.19 bits per heavy atom. The van der Waals surface area contributed by atoms with E-state index in [9.17, 15) is 9.59 Å². The van der Waals surface area contributed by atoms with Crippen LogP contribution in [0.5, 0.6) is 5.75 Å². The molecule has 6 heteroatoms. The van der Waals surface area contributed by atoms with Gasteiger partial charge in [-0.15, -0.1) is 0 Å². The maximum absolute atomic E-state index is 11.6. The molecule has 0 spiro atoms. The van der Waals surface area contributed by atoms with Crippen LogP contribution in [-0.2, 0) is 11.2 Å². The lowest BCUT2D eigenvalue weighted by Crippen LogP contribution is -2.40. The largest absolute Gasteiger partial charge is 0.481 e. The van der Waals surface area contributed by atoms with E-state index in [0.717, 1.165) is 23.8 Å². The molecule has 6 nitrogen and oxygen atoms in total. The lowest BCUT2D eigenvalue weighted by atomic mass is 10.1. The molecule has 112 valence electrons. The number of nitrogens with two attached hydrogens (primary N) is 1. The van der Waals surface area contributed by atoms with Crippen molar-refractivity contribution in [3.05, 3.63) is 40.2 Å². The molecule has 0 saturated heterocycles. The van der Waals surface area contributed by atoms with Crippen LogP contribution in [0.15, 0.2) is 33.5 Å². The second kappa shape index (κ2) is 6.41. The first-order valence-electron chi connectivity index (χ1n) is 6.79. The molecule has 21 heavy (non-hydrogen) atoms. The van der Waals surface area contributed by atoms with E-state index in [1.54, 1.807) is 19.1 Å². The van der Waals surface area contributed by atoms with Gasteiger partial charge in [0.1, 0.15) is 11.3 Å². The van der Waals surface area contributed by atoms with Crippen molar-refractivity contribution < 1.29 is 13.9 Å². The van der Waals surface area contributed by atoms with E-state index in [1.165, 1.54) is 6.07 Å². The van der Waals surface area contributed by atoms with Crippen molar-refractivity contribution in [1.29, 1.82) is 0 Å². The molecule has 1 unspecified atom stereocenters. The van der Waals surface area contributed by atoms with E-state index in [0.29, 0.717) is 11.3 Å². The fraction of sp³-hybridized carbons (Fsp3) is 0.333. The highest BCUT2D eigenvalue weighted by Crippen LogP contribution is 2.24. The Morgan fingerprint density at radius 3 is 2.86 bits per heavy atom. The van der Waals surface area contributed by atoms with Gasteiger partial charge in [-0.2, -0.15) is 0 Å². The minimum absolute atomic E-state index is 0.393. The maximum atomic E-state index is 11.6. The molecule has 0 bridgehead atoms. The van der Waals surface area contributed by atoms with Crippen LogP contribution in [0.4, 0.5) is 0 Å². The van der Waals surface area contributed by atoms with Gasteiger partial charge in [-0.25, -0.2) is 10.6 Å². The fourth-order valence-corrected chi connectivity index (χ4v) is 2.13. The monoisotopic (exact) mass is 290 g/mol. The van der Waals surface area contributed by atoms with E-state index >= 15 is 0 Å². The van der Waals surface area contributed by atoms with Crippen molar-refractivity contribution in [1.82, 2.24) is 5.43 Å². The number of fused-ring (bicyclic) bond motifs is 1. The molecule has 1 amide bonds. The minimum Gasteiger partial charge on any atom is -0.481 e. The summed E-state index contributed by atoms with van der Waals surface area (Å²) in [5, 5.41) is 0.875. The molecule has 0 aliphatic heterocycles. The average Bonchev–Trinajstić information content (AvgIpc) is 2.46. The topological polar surface area (TPSA) is 94.6 Å². The second-order valence-corrected chi connectivity index (χ2v) is 4.77. The number of rotatable bonds is 5. The van der Waals surface area contributed by atoms with Gasteiger partial charge in [-0.3, -0.25) is 10.2 Å². The SMILES string of the molecule is CCCc1cc(=O)oc2cc(OC(C)C(=O)NN)ccc12. The van der Waals surface area contributed by atoms with Crippen LogP contribution in [-0.4, -0.2) is 12.0 Å². The van der Waals surface area contributed by atoms with Gasteiger partial charge in [0, 0.05) is 17.5 Å². The number of carbonyl (C=O) groups is 1. The number of hydrazine groups is 1. The summed E-state index contributed by atoms with van der Waals surface area (Å²) in [7, 11) is 0. The highest BCUT2D eigenvalue weighted by atomic mass is 16.5. The lowest BCUT2D eigenvalue weighted by molar-refractivity contribution is -0.127. The molecule has 0 fully saturated rings. The van der Waals surface area contributed by atoms with E-state index in [2.05, 4.69) is 0 Å². The Bertz CT molecular complexity index is 708. The summed E-state index contributed by atoms with van der Waals surface area (Å²) in [5.41, 5.74) is 3.02. The molecular weight excluding hydrogens is 272 g/mol. The van der Waals surface area contributed by atoms with Gasteiger partial charge in [0.05, 0.1) is 0 Å². The maximum Gasteiger partial charge on any atom is 0.336 e. The first kappa shape index (κ1) is 15.1. The van der Waals surface area contributed by atoms with Gasteiger partial charge < -0.3 is 9.15 Å². The zero-order valence-corrected chi connectivity index (χ0v) is 12.0. The van der Waals surface area contributed by atoms with Crippen LogP contribution in [0, 0.1) is 0 Å². The Kier molecular flexibility index (Phi) is 4.59. The first-order valence-corrected chi connectivity index (χ1v) is 6.79. The third-order valence-corrected chi connectivity index (χ3v) is 3.15. The molecule has 3 N–H and O–H groups in total. The fourth-order valence-electron chi connectivity index (χ4n) is 2.13. The molecule has 2 rings (SSSR count). The zero-order valence-electron chi connectivity index (χ0n) is 12.0. The van der Waals surface area contributed by atoms with Gasteiger partial charge in [0.15, 0.2) is 6.10 Å². The number of hydrogen-bond donors (Lipinski definition) is 2. The number of amides is 1. The standard InChI is InChI=1S/C15H18N2O4/c1-3-4-10-7-14(18)21-13-8-11(5-6-12(10)13)20-9(2)15(19)17-16/h5-9H,3-4,16H2,1-2H3,(H,17,19). The van der Waals surface area contributed by atoms with Crippen molar-refractivity contribution in [2.24, 2.45) is 5.84 Å². The van der Waals surface area contributed by atoms with E-state index in [1.807, 2.05) is 18.4 Å². The van der Waals surface area contributed by atoms with Crippen LogP contribution < -0.4 is 21.6 Å². The predicted molar refractivity (Wildman–Crippen MR) is 78.9 cm³/mol. The third-order valence-electron chi connectivity index (χ3n) is 3.15. The second-order valence-electron chi connectivity index (χ2n) is 4.77. The predicted octanol–water partition coefficient (Wildman–Crippen LogP) is 1.50. The summed E-state index contributed by atoms with van der Waals surface area (Å²) >= 11 is 0. The Labute approximate surface area is 121 Å². The zero-order chi connectivity index (χ0) is 15.4. The molecule has 2 aromatic rings. The molecule has 0 radical (unpaired) electrons. The van der Waals surface area contributed by atoms with Crippen molar-refractivity contribution in [2.45, 2.75) is 32.8 Å². The summed E-state index contributed by atoms with van der Waals surface area (Å²) in [5.74, 6) is 5.06. The Balaban J connectivity index is 2.38. The van der Waals surface area contributed by atoms with Crippen LogP contribution in [0.3, 0.4) is 0 Å². The Hall–Kier alpha value is -2.34. The quantitative estimate of drug-likeness (QED) is 0.376. The third kappa shape index (κ3) is 3.41. The summed E-state index contributed by atoms with van der Waals surface area (Å²) in [4.78, 5) is 22.9. The summed E-state index contributed by atoms with van der Waals surface area (Å²) in [6.45, 7) is 3.63. The number of hydrogen-bond acceptors (Lipinski definition) is 5. The van der Waals surface area contributed by atoms with Crippen molar-refractivity contribution >= 4 is 16.9 Å². The highest BCUT2D eigenvalue weighted by molar-refractivity contribution is 5.82. The minimum atomic E-state index is -0.738. The molecule has 0 saturated carbocycles. The van der Waals surface area contributed by atoms with E-state index in [4.69, 9.17) is 15.0 Å². The van der Waals surface area contributed by atoms with Crippen LogP contribution >= 0.6 is 0 Å². The van der Waals surface area contributed by atoms with E-state index in [-0.39, 0.29) is 0 Å². The molecule has 1 aromatic carbocycles. The number of ether oxygens (including phenoxy) is 1. The number of aryl methyl sites for hydroxylation is 1. The van der Waals surface area contributed by atoms with Gasteiger partial charge in [0.25, 0.3) is 5.91 Å². The molecule has 1 aromatic heterocycles. The van der Waals surface area contributed by atoms with Crippen LogP contribution in [0.1, 0.15) is 25.8 Å². The number of carbonyl (C=O) groups excluding carboxylic acids is 1. The lowest BCUT2D eigenvalue weighted by Gasteiger charge is -2.13. The van der Waals surface area contributed by atoms with Gasteiger partial charge >= 0.3 is 5.63 Å². The van der Waals surface area contributed by atoms with E-state index < -0.39 is 17.6 Å². The number of nitrogens with one attached hydrogen (secondary N) is 1. The van der Waals surface area contributed by atoms with Gasteiger partial charge in [0.2, 0.25) is 0 Å². The first-order chi connectivity index (χ1) is 10.0. The normalized spacial score (nSPS) is 12.1. The van der Waals surface area contributed by atoms with Crippen LogP contribution in [0.2, 0.25) is 0 Å². The number of benzene rings is 1. The van der Waals surface area contributed by atoms with Crippen molar-refractivity contribution in [3.63, 3.8) is 0 Å². The smallest absolute Gasteiger partial charge is 0.336 e. The molecule has 1 atom stereocenters. The van der Waals surface area contributed by atoms with Gasteiger partial charge in [-0.05, 0) is 31.0 Å². The van der Waals surface area contributed by atoms with Crippen molar-refractivity contribution in [3.8, 4) is 5.75 Å². The summed E-state index contributed by atoms with van der Waals surface area (Å²) < 4.78 is 10.7. The summed E-state index contributed by atoms with van der Waals surface area (Å²) in [6, 6.07) is 6.68. The van der Waals surface area contributed by atoms with Crippen molar-refractivity contribution in [2.75, 3.05) is 0 Å². The molecular formula is C15H18N2O4. The molecule has 0 aliphatic rings. The molecule has 1 heterocycles. The van der Waals surface area contributed by atoms with Gasteiger partial charge in [-0.1, -0.05) is 13.3 Å². The highest BCUT2D eigenvalue weighted by Gasteiger charge is 2.14. The molecule has 0 aliphatic carbocycles. The average molecular weight is 290 g/mol.